The number of esters is 1. The van der Waals surface area contributed by atoms with Crippen molar-refractivity contribution in [3.05, 3.63) is 57.3 Å². The van der Waals surface area contributed by atoms with Crippen LogP contribution in [-0.4, -0.2) is 25.1 Å². The van der Waals surface area contributed by atoms with Crippen LogP contribution in [0.25, 0.3) is 0 Å². The Morgan fingerprint density at radius 1 is 1.12 bits per heavy atom. The predicted octanol–water partition coefficient (Wildman–Crippen LogP) is 4.11. The van der Waals surface area contributed by atoms with Gasteiger partial charge in [-0.25, -0.2) is 9.79 Å². The SMILES string of the molecule is CCNC(=NCc1ccc(C(=O)OCC)cc1)NCc1ccc(C)s1.I. The lowest BCUT2D eigenvalue weighted by molar-refractivity contribution is 0.0526. The molecule has 0 aliphatic carbocycles. The topological polar surface area (TPSA) is 62.7 Å². The molecular formula is C19H26IN3O2S. The van der Waals surface area contributed by atoms with E-state index in [2.05, 4.69) is 34.7 Å². The molecule has 0 fully saturated rings. The molecule has 0 aliphatic rings. The van der Waals surface area contributed by atoms with Crippen LogP contribution < -0.4 is 10.6 Å². The Hall–Kier alpha value is -1.61. The van der Waals surface area contributed by atoms with Crippen molar-refractivity contribution < 1.29 is 9.53 Å². The van der Waals surface area contributed by atoms with Crippen molar-refractivity contribution in [3.8, 4) is 0 Å². The van der Waals surface area contributed by atoms with E-state index in [1.807, 2.05) is 19.1 Å². The highest BCUT2D eigenvalue weighted by atomic mass is 127. The molecule has 26 heavy (non-hydrogen) atoms. The van der Waals surface area contributed by atoms with Crippen LogP contribution in [0.2, 0.25) is 0 Å². The van der Waals surface area contributed by atoms with Gasteiger partial charge >= 0.3 is 5.97 Å². The summed E-state index contributed by atoms with van der Waals surface area (Å²) in [6.45, 7) is 8.43. The zero-order valence-electron chi connectivity index (χ0n) is 15.4. The number of aryl methyl sites for hydroxylation is 1. The molecule has 0 aliphatic heterocycles. The molecule has 7 heteroatoms. The van der Waals surface area contributed by atoms with Gasteiger partial charge in [-0.15, -0.1) is 35.3 Å². The number of nitrogens with zero attached hydrogens (tertiary/aromatic N) is 1. The summed E-state index contributed by atoms with van der Waals surface area (Å²) >= 11 is 1.78. The summed E-state index contributed by atoms with van der Waals surface area (Å²) in [5, 5.41) is 6.59. The number of halogens is 1. The van der Waals surface area contributed by atoms with Crippen LogP contribution in [0.5, 0.6) is 0 Å². The van der Waals surface area contributed by atoms with E-state index >= 15 is 0 Å². The summed E-state index contributed by atoms with van der Waals surface area (Å²) in [5.74, 6) is 0.488. The van der Waals surface area contributed by atoms with Crippen LogP contribution in [0.3, 0.4) is 0 Å². The van der Waals surface area contributed by atoms with Crippen molar-refractivity contribution in [2.45, 2.75) is 33.9 Å². The van der Waals surface area contributed by atoms with Gasteiger partial charge < -0.3 is 15.4 Å². The average Bonchev–Trinajstić information content (AvgIpc) is 3.03. The van der Waals surface area contributed by atoms with E-state index in [1.165, 1.54) is 9.75 Å². The Labute approximate surface area is 176 Å². The molecular weight excluding hydrogens is 461 g/mol. The van der Waals surface area contributed by atoms with E-state index < -0.39 is 0 Å². The highest BCUT2D eigenvalue weighted by Crippen LogP contribution is 2.14. The fourth-order valence-corrected chi connectivity index (χ4v) is 3.05. The molecule has 0 unspecified atom stereocenters. The number of ether oxygens (including phenoxy) is 1. The van der Waals surface area contributed by atoms with E-state index in [1.54, 1.807) is 30.4 Å². The standard InChI is InChI=1S/C19H25N3O2S.HI/c1-4-20-19(22-13-17-11-6-14(3)25-17)21-12-15-7-9-16(10-8-15)18(23)24-5-2;/h6-11H,4-5,12-13H2,1-3H3,(H2,20,21,22);1H. The van der Waals surface area contributed by atoms with E-state index in [0.29, 0.717) is 18.7 Å². The lowest BCUT2D eigenvalue weighted by Gasteiger charge is -2.10. The Morgan fingerprint density at radius 3 is 2.42 bits per heavy atom. The fourth-order valence-electron chi connectivity index (χ4n) is 2.22. The molecule has 2 N–H and O–H groups in total. The van der Waals surface area contributed by atoms with E-state index in [4.69, 9.17) is 4.74 Å². The molecule has 1 aromatic heterocycles. The fraction of sp³-hybridized carbons (Fsp3) is 0.368. The smallest absolute Gasteiger partial charge is 0.338 e. The summed E-state index contributed by atoms with van der Waals surface area (Å²) in [7, 11) is 0. The lowest BCUT2D eigenvalue weighted by Crippen LogP contribution is -2.36. The van der Waals surface area contributed by atoms with Crippen LogP contribution in [0.15, 0.2) is 41.4 Å². The van der Waals surface area contributed by atoms with Gasteiger partial charge in [0.1, 0.15) is 0 Å². The van der Waals surface area contributed by atoms with Crippen LogP contribution in [0, 0.1) is 6.92 Å². The quantitative estimate of drug-likeness (QED) is 0.267. The molecule has 142 valence electrons. The average molecular weight is 487 g/mol. The molecule has 2 rings (SSSR count). The van der Waals surface area contributed by atoms with Gasteiger partial charge in [-0.05, 0) is 50.6 Å². The van der Waals surface area contributed by atoms with Crippen molar-refractivity contribution in [2.75, 3.05) is 13.2 Å². The Morgan fingerprint density at radius 2 is 1.85 bits per heavy atom. The van der Waals surface area contributed by atoms with Crippen LogP contribution >= 0.6 is 35.3 Å². The van der Waals surface area contributed by atoms with Gasteiger partial charge in [-0.3, -0.25) is 0 Å². The third kappa shape index (κ3) is 7.33. The summed E-state index contributed by atoms with van der Waals surface area (Å²) in [6, 6.07) is 11.6. The first-order valence-electron chi connectivity index (χ1n) is 8.46. The number of benzene rings is 1. The monoisotopic (exact) mass is 487 g/mol. The van der Waals surface area contributed by atoms with Gasteiger partial charge in [0.15, 0.2) is 5.96 Å². The van der Waals surface area contributed by atoms with Crippen molar-refractivity contribution in [3.63, 3.8) is 0 Å². The van der Waals surface area contributed by atoms with E-state index in [-0.39, 0.29) is 29.9 Å². The molecule has 1 heterocycles. The second-order valence-electron chi connectivity index (χ2n) is 5.48. The number of hydrogen-bond donors (Lipinski definition) is 2. The highest BCUT2D eigenvalue weighted by Gasteiger charge is 2.05. The van der Waals surface area contributed by atoms with Crippen molar-refractivity contribution in [1.82, 2.24) is 10.6 Å². The molecule has 0 bridgehead atoms. The van der Waals surface area contributed by atoms with Gasteiger partial charge in [-0.1, -0.05) is 12.1 Å². The summed E-state index contributed by atoms with van der Waals surface area (Å²) < 4.78 is 4.99. The van der Waals surface area contributed by atoms with E-state index in [0.717, 1.165) is 24.6 Å². The van der Waals surface area contributed by atoms with E-state index in [9.17, 15) is 4.79 Å². The predicted molar refractivity (Wildman–Crippen MR) is 119 cm³/mol. The number of aliphatic imine (C=N–C) groups is 1. The van der Waals surface area contributed by atoms with Gasteiger partial charge in [0, 0.05) is 16.3 Å². The molecule has 0 atom stereocenters. The van der Waals surface area contributed by atoms with Gasteiger partial charge in [-0.2, -0.15) is 0 Å². The zero-order valence-corrected chi connectivity index (χ0v) is 18.5. The highest BCUT2D eigenvalue weighted by molar-refractivity contribution is 14.0. The molecule has 0 radical (unpaired) electrons. The Kier molecular flexibility index (Phi) is 10.3. The normalized spacial score (nSPS) is 10.8. The third-order valence-electron chi connectivity index (χ3n) is 3.46. The number of thiophene rings is 1. The van der Waals surface area contributed by atoms with Gasteiger partial charge in [0.2, 0.25) is 0 Å². The van der Waals surface area contributed by atoms with Crippen LogP contribution in [0.4, 0.5) is 0 Å². The minimum atomic E-state index is -0.293. The second-order valence-corrected chi connectivity index (χ2v) is 6.85. The molecule has 0 saturated heterocycles. The maximum Gasteiger partial charge on any atom is 0.338 e. The third-order valence-corrected chi connectivity index (χ3v) is 4.46. The minimum Gasteiger partial charge on any atom is -0.462 e. The maximum atomic E-state index is 11.7. The number of guanidine groups is 1. The van der Waals surface area contributed by atoms with Gasteiger partial charge in [0.25, 0.3) is 0 Å². The molecule has 0 saturated carbocycles. The summed E-state index contributed by atoms with van der Waals surface area (Å²) in [5.41, 5.74) is 1.60. The largest absolute Gasteiger partial charge is 0.462 e. The van der Waals surface area contributed by atoms with Crippen molar-refractivity contribution >= 4 is 47.2 Å². The molecule has 2 aromatic rings. The van der Waals surface area contributed by atoms with Crippen molar-refractivity contribution in [2.24, 2.45) is 4.99 Å². The number of rotatable bonds is 7. The molecule has 0 amide bonds. The minimum absolute atomic E-state index is 0. The molecule has 0 spiro atoms. The first-order chi connectivity index (χ1) is 12.1. The second kappa shape index (κ2) is 11.9. The summed E-state index contributed by atoms with van der Waals surface area (Å²) in [6.07, 6.45) is 0. The molecule has 1 aromatic carbocycles. The molecule has 5 nitrogen and oxygen atoms in total. The Bertz CT molecular complexity index is 714. The maximum absolute atomic E-state index is 11.7. The Balaban J connectivity index is 0.00000338. The van der Waals surface area contributed by atoms with Crippen LogP contribution in [-0.2, 0) is 17.8 Å². The number of carbonyl (C=O) groups excluding carboxylic acids is 1. The first-order valence-corrected chi connectivity index (χ1v) is 9.27. The number of carbonyl (C=O) groups is 1. The van der Waals surface area contributed by atoms with Crippen LogP contribution in [0.1, 0.15) is 39.5 Å². The first kappa shape index (κ1) is 22.4. The van der Waals surface area contributed by atoms with Gasteiger partial charge in [0.05, 0.1) is 25.3 Å². The zero-order chi connectivity index (χ0) is 18.1. The number of nitrogens with one attached hydrogen (secondary N) is 2. The number of hydrogen-bond acceptors (Lipinski definition) is 4. The van der Waals surface area contributed by atoms with Crippen molar-refractivity contribution in [1.29, 1.82) is 0 Å². The lowest BCUT2D eigenvalue weighted by atomic mass is 10.1. The summed E-state index contributed by atoms with van der Waals surface area (Å²) in [4.78, 5) is 18.8.